The van der Waals surface area contributed by atoms with Gasteiger partial charge in [0.25, 0.3) is 0 Å². The van der Waals surface area contributed by atoms with E-state index in [1.165, 1.54) is 44.6 Å². The highest BCUT2D eigenvalue weighted by Crippen LogP contribution is 2.24. The Morgan fingerprint density at radius 2 is 1.65 bits per heavy atom. The zero-order valence-electron chi connectivity index (χ0n) is 17.5. The van der Waals surface area contributed by atoms with Gasteiger partial charge in [0.2, 0.25) is 10.0 Å². The van der Waals surface area contributed by atoms with Gasteiger partial charge in [0.1, 0.15) is 22.0 Å². The smallest absolute Gasteiger partial charge is 0.239 e. The van der Waals surface area contributed by atoms with Crippen LogP contribution >= 0.6 is 0 Å². The fraction of sp³-hybridized carbons (Fsp3) is 0.286. The van der Waals surface area contributed by atoms with E-state index in [0.717, 1.165) is 12.1 Å². The van der Waals surface area contributed by atoms with Crippen LogP contribution in [0.1, 0.15) is 29.8 Å². The normalized spacial score (nSPS) is 12.0. The molecular weight excluding hydrogens is 442 g/mol. The fourth-order valence-corrected chi connectivity index (χ4v) is 5.19. The molecule has 0 fully saturated rings. The highest BCUT2D eigenvalue weighted by atomic mass is 32.2. The summed E-state index contributed by atoms with van der Waals surface area (Å²) in [4.78, 5) is 11.6. The summed E-state index contributed by atoms with van der Waals surface area (Å²) in [5, 5.41) is 5.10. The van der Waals surface area contributed by atoms with Crippen molar-refractivity contribution in [1.82, 2.24) is 0 Å². The molecule has 166 valence electrons. The van der Waals surface area contributed by atoms with Gasteiger partial charge in [-0.3, -0.25) is 4.79 Å². The first kappa shape index (κ1) is 24.6. The Labute approximate surface area is 182 Å². The second kappa shape index (κ2) is 9.20. The van der Waals surface area contributed by atoms with Crippen LogP contribution in [0.15, 0.2) is 52.3 Å². The molecule has 31 heavy (non-hydrogen) atoms. The second-order valence-electron chi connectivity index (χ2n) is 7.05. The molecule has 0 aliphatic carbocycles. The van der Waals surface area contributed by atoms with Crippen LogP contribution in [0.5, 0.6) is 5.75 Å². The van der Waals surface area contributed by atoms with E-state index < -0.39 is 46.8 Å². The lowest BCUT2D eigenvalue weighted by Crippen LogP contribution is -2.21. The van der Waals surface area contributed by atoms with Crippen LogP contribution in [0.2, 0.25) is 0 Å². The zero-order valence-corrected chi connectivity index (χ0v) is 19.1. The summed E-state index contributed by atoms with van der Waals surface area (Å²) < 4.78 is 59.4. The number of Topliss-reactive ketones (excluding diaryl/α,β-unsaturated/α-hetero) is 1. The molecule has 0 bridgehead atoms. The van der Waals surface area contributed by atoms with Crippen LogP contribution < -0.4 is 9.88 Å². The summed E-state index contributed by atoms with van der Waals surface area (Å²) in [6, 6.07) is 9.21. The molecule has 0 aliphatic heterocycles. The molecule has 0 radical (unpaired) electrons. The van der Waals surface area contributed by atoms with Gasteiger partial charge in [-0.1, -0.05) is 24.0 Å². The minimum Gasteiger partial charge on any atom is -0.495 e. The first-order valence-corrected chi connectivity index (χ1v) is 12.1. The maximum Gasteiger partial charge on any atom is 0.239 e. The topological polar surface area (TPSA) is 130 Å². The van der Waals surface area contributed by atoms with E-state index in [1.807, 2.05) is 0 Å². The van der Waals surface area contributed by atoms with Crippen LogP contribution in [0, 0.1) is 11.8 Å². The quantitative estimate of drug-likeness (QED) is 0.487. The van der Waals surface area contributed by atoms with Crippen molar-refractivity contribution in [1.29, 1.82) is 0 Å². The number of hydrogen-bond donors (Lipinski definition) is 1. The molecule has 0 aromatic heterocycles. The number of sulfonamides is 1. The van der Waals surface area contributed by atoms with Gasteiger partial charge in [-0.25, -0.2) is 22.0 Å². The molecule has 0 aliphatic rings. The number of sulfone groups is 1. The number of ether oxygens (including phenoxy) is 2. The van der Waals surface area contributed by atoms with Crippen LogP contribution in [0.4, 0.5) is 0 Å². The average Bonchev–Trinajstić information content (AvgIpc) is 2.71. The van der Waals surface area contributed by atoms with E-state index in [1.54, 1.807) is 13.8 Å². The summed E-state index contributed by atoms with van der Waals surface area (Å²) in [6.45, 7) is 3.57. The van der Waals surface area contributed by atoms with Gasteiger partial charge in [0.15, 0.2) is 15.6 Å². The highest BCUT2D eigenvalue weighted by molar-refractivity contribution is 7.94. The SMILES string of the molecule is COc1cc(C(=O)CS(=O)(=O)c2ccccc2S(N)(=O)=O)ccc1C#CC(C)(C)OC. The van der Waals surface area contributed by atoms with E-state index in [-0.39, 0.29) is 11.3 Å². The van der Waals surface area contributed by atoms with E-state index in [4.69, 9.17) is 14.6 Å². The Morgan fingerprint density at radius 3 is 2.19 bits per heavy atom. The number of rotatable bonds is 7. The summed E-state index contributed by atoms with van der Waals surface area (Å²) >= 11 is 0. The Balaban J connectivity index is 2.39. The second-order valence-corrected chi connectivity index (χ2v) is 10.5. The van der Waals surface area contributed by atoms with Gasteiger partial charge < -0.3 is 9.47 Å². The molecule has 10 heteroatoms. The lowest BCUT2D eigenvalue weighted by molar-refractivity contribution is 0.0741. The van der Waals surface area contributed by atoms with Gasteiger partial charge in [-0.15, -0.1) is 0 Å². The van der Waals surface area contributed by atoms with E-state index in [0.29, 0.717) is 5.56 Å². The van der Waals surface area contributed by atoms with Gasteiger partial charge in [-0.05, 0) is 44.2 Å². The number of ketones is 1. The molecule has 8 nitrogen and oxygen atoms in total. The molecule has 2 aromatic rings. The van der Waals surface area contributed by atoms with Crippen molar-refractivity contribution in [3.05, 3.63) is 53.6 Å². The largest absolute Gasteiger partial charge is 0.495 e. The van der Waals surface area contributed by atoms with E-state index in [9.17, 15) is 21.6 Å². The van der Waals surface area contributed by atoms with Crippen molar-refractivity contribution in [3.63, 3.8) is 0 Å². The Bertz CT molecular complexity index is 1270. The molecule has 0 saturated carbocycles. The Kier molecular flexibility index (Phi) is 7.28. The molecule has 0 spiro atoms. The third kappa shape index (κ3) is 6.15. The van der Waals surface area contributed by atoms with E-state index in [2.05, 4.69) is 11.8 Å². The molecule has 2 rings (SSSR count). The third-order valence-electron chi connectivity index (χ3n) is 4.34. The van der Waals surface area contributed by atoms with Gasteiger partial charge >= 0.3 is 0 Å². The number of methoxy groups -OCH3 is 2. The van der Waals surface area contributed by atoms with Crippen LogP contribution in [0.3, 0.4) is 0 Å². The standard InChI is InChI=1S/C21H23NO7S2/c1-21(2,29-4)12-11-15-9-10-16(13-18(15)28-3)17(23)14-30(24,25)19-7-5-6-8-20(19)31(22,26)27/h5-10,13H,14H2,1-4H3,(H2,22,26,27). The Hall–Kier alpha value is -2.71. The van der Waals surface area contributed by atoms with Crippen LogP contribution in [-0.4, -0.2) is 48.2 Å². The Morgan fingerprint density at radius 1 is 1.03 bits per heavy atom. The van der Waals surface area contributed by atoms with Crippen molar-refractivity contribution in [3.8, 4) is 17.6 Å². The molecule has 0 amide bonds. The minimum absolute atomic E-state index is 0.0741. The fourth-order valence-electron chi connectivity index (χ4n) is 2.51. The third-order valence-corrected chi connectivity index (χ3v) is 7.11. The van der Waals surface area contributed by atoms with Crippen LogP contribution in [-0.2, 0) is 24.6 Å². The number of carbonyl (C=O) groups excluding carboxylic acids is 1. The van der Waals surface area contributed by atoms with Crippen LogP contribution in [0.25, 0.3) is 0 Å². The number of benzene rings is 2. The molecule has 0 unspecified atom stereocenters. The van der Waals surface area contributed by atoms with Crippen molar-refractivity contribution in [2.24, 2.45) is 5.14 Å². The predicted molar refractivity (Wildman–Crippen MR) is 115 cm³/mol. The van der Waals surface area contributed by atoms with Crippen molar-refractivity contribution >= 4 is 25.6 Å². The first-order chi connectivity index (χ1) is 14.3. The van der Waals surface area contributed by atoms with Crippen molar-refractivity contribution in [2.45, 2.75) is 29.2 Å². The van der Waals surface area contributed by atoms with Gasteiger partial charge in [0.05, 0.1) is 17.6 Å². The number of nitrogens with two attached hydrogens (primary N) is 1. The van der Waals surface area contributed by atoms with Gasteiger partial charge in [0, 0.05) is 12.7 Å². The molecule has 2 aromatic carbocycles. The monoisotopic (exact) mass is 465 g/mol. The first-order valence-electron chi connectivity index (χ1n) is 8.95. The lowest BCUT2D eigenvalue weighted by atomic mass is 10.1. The summed E-state index contributed by atoms with van der Waals surface area (Å²) in [5.74, 6) is 4.44. The summed E-state index contributed by atoms with van der Waals surface area (Å²) in [6.07, 6.45) is 0. The average molecular weight is 466 g/mol. The van der Waals surface area contributed by atoms with Crippen molar-refractivity contribution < 1.29 is 31.1 Å². The maximum atomic E-state index is 12.7. The predicted octanol–water partition coefficient (Wildman–Crippen LogP) is 1.78. The van der Waals surface area contributed by atoms with Gasteiger partial charge in [-0.2, -0.15) is 0 Å². The number of primary sulfonamides is 1. The molecule has 2 N–H and O–H groups in total. The molecule has 0 atom stereocenters. The molecular formula is C21H23NO7S2. The summed E-state index contributed by atoms with van der Waals surface area (Å²) in [7, 11) is -5.64. The maximum absolute atomic E-state index is 12.7. The number of hydrogen-bond acceptors (Lipinski definition) is 7. The van der Waals surface area contributed by atoms with Crippen molar-refractivity contribution in [2.75, 3.05) is 20.0 Å². The minimum atomic E-state index is -4.29. The number of carbonyl (C=O) groups is 1. The van der Waals surface area contributed by atoms with E-state index >= 15 is 0 Å². The molecule has 0 heterocycles. The molecule has 0 saturated heterocycles. The lowest BCUT2D eigenvalue weighted by Gasteiger charge is -2.14. The highest BCUT2D eigenvalue weighted by Gasteiger charge is 2.27. The zero-order chi connectivity index (χ0) is 23.4. The summed E-state index contributed by atoms with van der Waals surface area (Å²) in [5.41, 5.74) is -0.124.